The average molecular weight is 315 g/mol. The molecule has 124 valence electrons. The summed E-state index contributed by atoms with van der Waals surface area (Å²) in [5.41, 5.74) is 0.769. The van der Waals surface area contributed by atoms with Crippen molar-refractivity contribution in [2.24, 2.45) is 5.92 Å². The molecule has 4 nitrogen and oxygen atoms in total. The molecule has 4 heteroatoms. The summed E-state index contributed by atoms with van der Waals surface area (Å²) in [5, 5.41) is 10.3. The van der Waals surface area contributed by atoms with E-state index in [-0.39, 0.29) is 23.7 Å². The third-order valence-electron chi connectivity index (χ3n) is 5.27. The van der Waals surface area contributed by atoms with Gasteiger partial charge in [0.25, 0.3) is 0 Å². The predicted octanol–water partition coefficient (Wildman–Crippen LogP) is 3.50. The van der Waals surface area contributed by atoms with E-state index in [0.29, 0.717) is 13.0 Å². The van der Waals surface area contributed by atoms with Gasteiger partial charge in [0.05, 0.1) is 6.10 Å². The van der Waals surface area contributed by atoms with Crippen molar-refractivity contribution < 1.29 is 14.6 Å². The number of carbonyl (C=O) groups excluding carboxylic acids is 1. The maximum absolute atomic E-state index is 12.6. The molecule has 1 N–H and O–H groups in total. The van der Waals surface area contributed by atoms with Crippen LogP contribution in [0.2, 0.25) is 0 Å². The highest BCUT2D eigenvalue weighted by molar-refractivity contribution is 5.69. The van der Waals surface area contributed by atoms with Gasteiger partial charge in [-0.15, -0.1) is 6.58 Å². The number of amides is 1. The zero-order chi connectivity index (χ0) is 16.3. The zero-order valence-electron chi connectivity index (χ0n) is 13.5. The second kappa shape index (κ2) is 6.75. The Hall–Kier alpha value is -1.81. The Balaban J connectivity index is 1.64. The average Bonchev–Trinajstić information content (AvgIpc) is 3.10. The SMILES string of the molecule is C=CCC1CC2(CCCN2C(=O)OCc2ccccc2)CC1O. The van der Waals surface area contributed by atoms with Crippen molar-refractivity contribution >= 4 is 6.09 Å². The largest absolute Gasteiger partial charge is 0.445 e. The van der Waals surface area contributed by atoms with E-state index in [0.717, 1.165) is 37.8 Å². The number of nitrogens with zero attached hydrogens (tertiary/aromatic N) is 1. The van der Waals surface area contributed by atoms with Crippen LogP contribution in [0.5, 0.6) is 0 Å². The van der Waals surface area contributed by atoms with E-state index >= 15 is 0 Å². The van der Waals surface area contributed by atoms with Crippen LogP contribution in [0, 0.1) is 5.92 Å². The minimum atomic E-state index is -0.351. The molecule has 1 aromatic carbocycles. The first-order valence-electron chi connectivity index (χ1n) is 8.42. The van der Waals surface area contributed by atoms with Crippen molar-refractivity contribution in [3.63, 3.8) is 0 Å². The first-order chi connectivity index (χ1) is 11.1. The van der Waals surface area contributed by atoms with E-state index in [1.165, 1.54) is 0 Å². The van der Waals surface area contributed by atoms with Crippen molar-refractivity contribution in [1.82, 2.24) is 4.90 Å². The van der Waals surface area contributed by atoms with Crippen LogP contribution in [0.1, 0.15) is 37.7 Å². The van der Waals surface area contributed by atoms with Crippen molar-refractivity contribution in [3.05, 3.63) is 48.6 Å². The molecule has 1 heterocycles. The highest BCUT2D eigenvalue weighted by Gasteiger charge is 2.52. The van der Waals surface area contributed by atoms with E-state index in [2.05, 4.69) is 6.58 Å². The molecule has 1 aliphatic carbocycles. The third-order valence-corrected chi connectivity index (χ3v) is 5.27. The van der Waals surface area contributed by atoms with E-state index in [9.17, 15) is 9.90 Å². The van der Waals surface area contributed by atoms with Crippen LogP contribution in [0.3, 0.4) is 0 Å². The minimum absolute atomic E-state index is 0.204. The van der Waals surface area contributed by atoms with Gasteiger partial charge in [-0.3, -0.25) is 0 Å². The first kappa shape index (κ1) is 16.1. The van der Waals surface area contributed by atoms with Crippen LogP contribution in [0.4, 0.5) is 4.79 Å². The lowest BCUT2D eigenvalue weighted by Crippen LogP contribution is -2.46. The number of hydrogen-bond donors (Lipinski definition) is 1. The topological polar surface area (TPSA) is 49.8 Å². The summed E-state index contributed by atoms with van der Waals surface area (Å²) in [6, 6.07) is 9.72. The Kier molecular flexibility index (Phi) is 4.71. The third kappa shape index (κ3) is 3.27. The summed E-state index contributed by atoms with van der Waals surface area (Å²) < 4.78 is 5.51. The zero-order valence-corrected chi connectivity index (χ0v) is 13.5. The van der Waals surface area contributed by atoms with E-state index in [4.69, 9.17) is 4.74 Å². The molecule has 1 amide bonds. The Bertz CT molecular complexity index is 559. The number of hydrogen-bond acceptors (Lipinski definition) is 3. The van der Waals surface area contributed by atoms with Crippen LogP contribution >= 0.6 is 0 Å². The first-order valence-corrected chi connectivity index (χ1v) is 8.42. The molecule has 1 saturated carbocycles. The van der Waals surface area contributed by atoms with Gasteiger partial charge in [-0.05, 0) is 43.6 Å². The summed E-state index contributed by atoms with van der Waals surface area (Å²) in [6.45, 7) is 4.79. The normalized spacial score (nSPS) is 29.9. The van der Waals surface area contributed by atoms with Crippen LogP contribution < -0.4 is 0 Å². The van der Waals surface area contributed by atoms with Crippen molar-refractivity contribution in [3.8, 4) is 0 Å². The Morgan fingerprint density at radius 2 is 2.17 bits per heavy atom. The molecule has 3 atom stereocenters. The fourth-order valence-corrected chi connectivity index (χ4v) is 4.16. The number of rotatable bonds is 4. The molecule has 2 aliphatic rings. The lowest BCUT2D eigenvalue weighted by molar-refractivity contribution is 0.0604. The summed E-state index contributed by atoms with van der Waals surface area (Å²) >= 11 is 0. The highest BCUT2D eigenvalue weighted by Crippen LogP contribution is 2.47. The lowest BCUT2D eigenvalue weighted by atomic mass is 9.92. The smallest absolute Gasteiger partial charge is 0.410 e. The molecule has 3 rings (SSSR count). The van der Waals surface area contributed by atoms with Gasteiger partial charge in [-0.2, -0.15) is 0 Å². The van der Waals surface area contributed by atoms with Gasteiger partial charge in [0.2, 0.25) is 0 Å². The number of aliphatic hydroxyl groups is 1. The number of ether oxygens (including phenoxy) is 1. The van der Waals surface area contributed by atoms with Gasteiger partial charge >= 0.3 is 6.09 Å². The number of aliphatic hydroxyl groups excluding tert-OH is 1. The van der Waals surface area contributed by atoms with Gasteiger partial charge in [0.15, 0.2) is 0 Å². The monoisotopic (exact) mass is 315 g/mol. The summed E-state index contributed by atoms with van der Waals surface area (Å²) in [5.74, 6) is 0.204. The van der Waals surface area contributed by atoms with Crippen LogP contribution in [-0.4, -0.2) is 34.3 Å². The standard InChI is InChI=1S/C19H25NO3/c1-2-7-16-12-19(13-17(16)21)10-6-11-20(19)18(22)23-14-15-8-4-3-5-9-15/h2-5,8-9,16-17,21H,1,6-7,10-14H2. The van der Waals surface area contributed by atoms with Crippen LogP contribution in [-0.2, 0) is 11.3 Å². The molecule has 3 unspecified atom stereocenters. The highest BCUT2D eigenvalue weighted by atomic mass is 16.6. The molecular weight excluding hydrogens is 290 g/mol. The van der Waals surface area contributed by atoms with E-state index in [1.807, 2.05) is 41.3 Å². The number of allylic oxidation sites excluding steroid dienone is 1. The van der Waals surface area contributed by atoms with Crippen molar-refractivity contribution in [2.45, 2.75) is 50.4 Å². The van der Waals surface area contributed by atoms with E-state index < -0.39 is 0 Å². The van der Waals surface area contributed by atoms with Crippen molar-refractivity contribution in [1.29, 1.82) is 0 Å². The number of benzene rings is 1. The molecule has 23 heavy (non-hydrogen) atoms. The van der Waals surface area contributed by atoms with Crippen LogP contribution in [0.25, 0.3) is 0 Å². The fraction of sp³-hybridized carbons (Fsp3) is 0.526. The molecule has 0 bridgehead atoms. The van der Waals surface area contributed by atoms with Crippen molar-refractivity contribution in [2.75, 3.05) is 6.54 Å². The van der Waals surface area contributed by atoms with Gasteiger partial charge < -0.3 is 14.7 Å². The fourth-order valence-electron chi connectivity index (χ4n) is 4.16. The summed E-state index contributed by atoms with van der Waals surface area (Å²) in [4.78, 5) is 14.4. The molecule has 1 saturated heterocycles. The maximum Gasteiger partial charge on any atom is 0.410 e. The van der Waals surface area contributed by atoms with Crippen LogP contribution in [0.15, 0.2) is 43.0 Å². The van der Waals surface area contributed by atoms with E-state index in [1.54, 1.807) is 0 Å². The molecular formula is C19H25NO3. The van der Waals surface area contributed by atoms with Gasteiger partial charge in [0, 0.05) is 12.1 Å². The second-order valence-electron chi connectivity index (χ2n) is 6.78. The molecule has 1 spiro atoms. The Morgan fingerprint density at radius 3 is 2.91 bits per heavy atom. The number of carbonyl (C=O) groups is 1. The molecule has 0 aromatic heterocycles. The molecule has 0 radical (unpaired) electrons. The molecule has 1 aromatic rings. The molecule has 2 fully saturated rings. The Morgan fingerprint density at radius 1 is 1.39 bits per heavy atom. The lowest BCUT2D eigenvalue weighted by Gasteiger charge is -2.34. The minimum Gasteiger partial charge on any atom is -0.445 e. The van der Waals surface area contributed by atoms with Gasteiger partial charge in [0.1, 0.15) is 6.61 Å². The van der Waals surface area contributed by atoms with Gasteiger partial charge in [-0.1, -0.05) is 36.4 Å². The van der Waals surface area contributed by atoms with Gasteiger partial charge in [-0.25, -0.2) is 4.79 Å². The summed E-state index contributed by atoms with van der Waals surface area (Å²) in [6.07, 6.45) is 5.50. The maximum atomic E-state index is 12.6. The Labute approximate surface area is 137 Å². The quantitative estimate of drug-likeness (QED) is 0.865. The second-order valence-corrected chi connectivity index (χ2v) is 6.78. The predicted molar refractivity (Wildman–Crippen MR) is 88.8 cm³/mol. The number of likely N-dealkylation sites (tertiary alicyclic amines) is 1. The molecule has 1 aliphatic heterocycles. The summed E-state index contributed by atoms with van der Waals surface area (Å²) in [7, 11) is 0.